The standard InChI is InChI=1S/C9H16N2O6S/c10-3-7-1-2-8(17-7)18(15,16)11-9(4-12,5-13)6-14/h1-2,11-14H,3-6,10H2. The predicted molar refractivity (Wildman–Crippen MR) is 60.9 cm³/mol. The highest BCUT2D eigenvalue weighted by Gasteiger charge is 2.35. The van der Waals surface area contributed by atoms with Crippen LogP contribution in [0.3, 0.4) is 0 Å². The van der Waals surface area contributed by atoms with Gasteiger partial charge in [-0.15, -0.1) is 0 Å². The molecule has 0 aliphatic rings. The van der Waals surface area contributed by atoms with E-state index in [1.165, 1.54) is 12.1 Å². The zero-order chi connectivity index (χ0) is 13.8. The van der Waals surface area contributed by atoms with Crippen LogP contribution in [-0.2, 0) is 16.6 Å². The second-order valence-corrected chi connectivity index (χ2v) is 5.40. The molecule has 1 rings (SSSR count). The Bertz CT molecular complexity index is 471. The van der Waals surface area contributed by atoms with Gasteiger partial charge in [0.05, 0.1) is 26.4 Å². The van der Waals surface area contributed by atoms with E-state index in [0.717, 1.165) is 0 Å². The predicted octanol–water partition coefficient (Wildman–Crippen LogP) is -2.27. The zero-order valence-corrected chi connectivity index (χ0v) is 10.4. The molecule has 0 fully saturated rings. The maximum Gasteiger partial charge on any atom is 0.274 e. The lowest BCUT2D eigenvalue weighted by molar-refractivity contribution is 0.0579. The molecule has 0 aromatic carbocycles. The monoisotopic (exact) mass is 280 g/mol. The molecule has 0 radical (unpaired) electrons. The van der Waals surface area contributed by atoms with Crippen molar-refractivity contribution in [1.29, 1.82) is 0 Å². The Kier molecular flexibility index (Phi) is 4.85. The minimum absolute atomic E-state index is 0.0423. The summed E-state index contributed by atoms with van der Waals surface area (Å²) in [5, 5.41) is 26.7. The van der Waals surface area contributed by atoms with E-state index in [4.69, 9.17) is 25.5 Å². The maximum absolute atomic E-state index is 11.9. The Morgan fingerprint density at radius 2 is 1.78 bits per heavy atom. The van der Waals surface area contributed by atoms with Crippen molar-refractivity contribution in [2.24, 2.45) is 5.73 Å². The highest BCUT2D eigenvalue weighted by Crippen LogP contribution is 2.16. The van der Waals surface area contributed by atoms with Crippen LogP contribution < -0.4 is 10.5 Å². The minimum atomic E-state index is -4.10. The smallest absolute Gasteiger partial charge is 0.274 e. The summed E-state index contributed by atoms with van der Waals surface area (Å²) in [6, 6.07) is 2.59. The first-order valence-electron chi connectivity index (χ1n) is 5.08. The van der Waals surface area contributed by atoms with E-state index >= 15 is 0 Å². The van der Waals surface area contributed by atoms with Gasteiger partial charge in [-0.05, 0) is 12.1 Å². The molecular weight excluding hydrogens is 264 g/mol. The van der Waals surface area contributed by atoms with E-state index in [9.17, 15) is 8.42 Å². The number of rotatable bonds is 7. The van der Waals surface area contributed by atoms with Crippen LogP contribution in [0.1, 0.15) is 5.76 Å². The summed E-state index contributed by atoms with van der Waals surface area (Å²) in [5.74, 6) is 0.276. The van der Waals surface area contributed by atoms with Gasteiger partial charge < -0.3 is 25.5 Å². The lowest BCUT2D eigenvalue weighted by Crippen LogP contribution is -2.56. The molecule has 1 aromatic heterocycles. The topological polar surface area (TPSA) is 146 Å². The fourth-order valence-corrected chi connectivity index (χ4v) is 2.52. The summed E-state index contributed by atoms with van der Waals surface area (Å²) in [4.78, 5) is 0. The van der Waals surface area contributed by atoms with Crippen molar-refractivity contribution in [3.8, 4) is 0 Å². The Balaban J connectivity index is 3.00. The fourth-order valence-electron chi connectivity index (χ4n) is 1.19. The number of aliphatic hydroxyl groups excluding tert-OH is 3. The third kappa shape index (κ3) is 3.07. The van der Waals surface area contributed by atoms with Gasteiger partial charge in [-0.25, -0.2) is 8.42 Å². The lowest BCUT2D eigenvalue weighted by atomic mass is 10.1. The molecule has 104 valence electrons. The largest absolute Gasteiger partial charge is 0.447 e. The molecule has 0 saturated heterocycles. The molecule has 9 heteroatoms. The summed E-state index contributed by atoms with van der Waals surface area (Å²) in [6.07, 6.45) is 0. The maximum atomic E-state index is 11.9. The summed E-state index contributed by atoms with van der Waals surface area (Å²) >= 11 is 0. The van der Waals surface area contributed by atoms with Gasteiger partial charge in [0.25, 0.3) is 10.0 Å². The number of hydrogen-bond acceptors (Lipinski definition) is 7. The Hall–Kier alpha value is -0.970. The summed E-state index contributed by atoms with van der Waals surface area (Å²) in [6.45, 7) is -2.24. The average molecular weight is 280 g/mol. The number of sulfonamides is 1. The molecule has 0 spiro atoms. The van der Waals surface area contributed by atoms with Crippen LogP contribution in [-0.4, -0.2) is 49.1 Å². The van der Waals surface area contributed by atoms with Crippen LogP contribution >= 0.6 is 0 Å². The van der Waals surface area contributed by atoms with Crippen molar-refractivity contribution in [3.63, 3.8) is 0 Å². The summed E-state index contributed by atoms with van der Waals surface area (Å²) in [5.41, 5.74) is 3.54. The van der Waals surface area contributed by atoms with Crippen molar-refractivity contribution < 1.29 is 28.2 Å². The molecule has 0 amide bonds. The second-order valence-electron chi connectivity index (χ2n) is 3.79. The van der Waals surface area contributed by atoms with Gasteiger partial charge in [0.2, 0.25) is 5.09 Å². The molecular formula is C9H16N2O6S. The first-order valence-corrected chi connectivity index (χ1v) is 6.56. The van der Waals surface area contributed by atoms with Gasteiger partial charge in [0, 0.05) is 0 Å². The van der Waals surface area contributed by atoms with Crippen LogP contribution in [0.4, 0.5) is 0 Å². The quantitative estimate of drug-likeness (QED) is 0.378. The van der Waals surface area contributed by atoms with E-state index in [1.807, 2.05) is 4.72 Å². The van der Waals surface area contributed by atoms with Gasteiger partial charge in [0.1, 0.15) is 11.3 Å². The van der Waals surface area contributed by atoms with Crippen LogP contribution in [0.5, 0.6) is 0 Å². The number of aliphatic hydroxyl groups is 3. The average Bonchev–Trinajstić information content (AvgIpc) is 2.85. The molecule has 8 nitrogen and oxygen atoms in total. The van der Waals surface area contributed by atoms with Crippen molar-refractivity contribution >= 4 is 10.0 Å². The molecule has 0 saturated carbocycles. The van der Waals surface area contributed by atoms with E-state index < -0.39 is 40.5 Å². The molecule has 1 aromatic rings. The molecule has 0 aliphatic carbocycles. The summed E-state index contributed by atoms with van der Waals surface area (Å²) in [7, 11) is -4.10. The Morgan fingerprint density at radius 1 is 1.22 bits per heavy atom. The van der Waals surface area contributed by atoms with E-state index in [1.54, 1.807) is 0 Å². The van der Waals surface area contributed by atoms with Crippen molar-refractivity contribution in [3.05, 3.63) is 17.9 Å². The van der Waals surface area contributed by atoms with E-state index in [-0.39, 0.29) is 12.3 Å². The molecule has 1 heterocycles. The molecule has 18 heavy (non-hydrogen) atoms. The first-order chi connectivity index (χ1) is 8.43. The van der Waals surface area contributed by atoms with Crippen molar-refractivity contribution in [1.82, 2.24) is 4.72 Å². The van der Waals surface area contributed by atoms with Crippen LogP contribution in [0, 0.1) is 0 Å². The number of nitrogens with one attached hydrogen (secondary N) is 1. The van der Waals surface area contributed by atoms with Crippen LogP contribution in [0.2, 0.25) is 0 Å². The molecule has 0 unspecified atom stereocenters. The highest BCUT2D eigenvalue weighted by atomic mass is 32.2. The Morgan fingerprint density at radius 3 is 2.17 bits per heavy atom. The highest BCUT2D eigenvalue weighted by molar-refractivity contribution is 7.89. The molecule has 0 aliphatic heterocycles. The number of hydrogen-bond donors (Lipinski definition) is 5. The molecule has 0 bridgehead atoms. The molecule has 6 N–H and O–H groups in total. The molecule has 0 atom stereocenters. The van der Waals surface area contributed by atoms with Crippen molar-refractivity contribution in [2.75, 3.05) is 19.8 Å². The zero-order valence-electron chi connectivity index (χ0n) is 9.54. The third-order valence-electron chi connectivity index (χ3n) is 2.36. The third-order valence-corrected chi connectivity index (χ3v) is 3.81. The fraction of sp³-hybridized carbons (Fsp3) is 0.556. The lowest BCUT2D eigenvalue weighted by Gasteiger charge is -2.27. The number of furan rings is 1. The normalized spacial score (nSPS) is 12.9. The second kappa shape index (κ2) is 5.78. The van der Waals surface area contributed by atoms with Gasteiger partial charge in [-0.3, -0.25) is 0 Å². The van der Waals surface area contributed by atoms with Gasteiger partial charge in [-0.1, -0.05) is 0 Å². The number of nitrogens with two attached hydrogens (primary N) is 1. The first kappa shape index (κ1) is 15.1. The van der Waals surface area contributed by atoms with E-state index in [0.29, 0.717) is 0 Å². The Labute approximate surface area is 104 Å². The van der Waals surface area contributed by atoms with Gasteiger partial charge >= 0.3 is 0 Å². The van der Waals surface area contributed by atoms with Crippen LogP contribution in [0.15, 0.2) is 21.6 Å². The summed E-state index contributed by atoms with van der Waals surface area (Å²) < 4.78 is 30.7. The SMILES string of the molecule is NCc1ccc(S(=O)(=O)NC(CO)(CO)CO)o1. The van der Waals surface area contributed by atoms with E-state index in [2.05, 4.69) is 0 Å². The van der Waals surface area contributed by atoms with Gasteiger partial charge in [-0.2, -0.15) is 4.72 Å². The minimum Gasteiger partial charge on any atom is -0.447 e. The van der Waals surface area contributed by atoms with Gasteiger partial charge in [0.15, 0.2) is 0 Å². The van der Waals surface area contributed by atoms with Crippen LogP contribution in [0.25, 0.3) is 0 Å². The van der Waals surface area contributed by atoms with Crippen molar-refractivity contribution in [2.45, 2.75) is 17.2 Å².